The molecule has 2 fully saturated rings. The molecule has 4 amide bonds. The van der Waals surface area contributed by atoms with E-state index in [0.29, 0.717) is 17.5 Å². The first-order valence-corrected chi connectivity index (χ1v) is 20.1. The molecule has 11 N–H and O–H groups in total. The Morgan fingerprint density at radius 2 is 1.69 bits per heavy atom. The second-order valence-corrected chi connectivity index (χ2v) is 16.3. The molecule has 3 aliphatic rings. The third-order valence-corrected chi connectivity index (χ3v) is 12.3. The van der Waals surface area contributed by atoms with Crippen molar-refractivity contribution >= 4 is 40.8 Å². The number of hydrogen-bond acceptors (Lipinski definition) is 12. The van der Waals surface area contributed by atoms with Gasteiger partial charge in [0.15, 0.2) is 0 Å². The third-order valence-electron chi connectivity index (χ3n) is 11.1. The maximum Gasteiger partial charge on any atom is 0.299 e. The largest absolute Gasteiger partial charge is 0.391 e. The second-order valence-electron chi connectivity index (χ2n) is 15.4. The lowest BCUT2D eigenvalue weighted by molar-refractivity contribution is -0.139. The van der Waals surface area contributed by atoms with Crippen molar-refractivity contribution in [3.05, 3.63) is 81.0 Å². The van der Waals surface area contributed by atoms with Gasteiger partial charge >= 0.3 is 0 Å². The number of nitrogens with zero attached hydrogens (tertiary/aromatic N) is 1. The number of aliphatic hydroxyl groups excluding tert-OH is 4. The summed E-state index contributed by atoms with van der Waals surface area (Å²) < 4.78 is 36.1. The highest BCUT2D eigenvalue weighted by Crippen LogP contribution is 2.59. The predicted molar refractivity (Wildman–Crippen MR) is 212 cm³/mol. The molecule has 0 bridgehead atoms. The van der Waals surface area contributed by atoms with Gasteiger partial charge in [0.25, 0.3) is 11.8 Å². The molecule has 0 unspecified atom stereocenters. The van der Waals surface area contributed by atoms with Gasteiger partial charge < -0.3 is 57.1 Å². The van der Waals surface area contributed by atoms with Crippen molar-refractivity contribution in [2.45, 2.75) is 75.2 Å². The van der Waals surface area contributed by atoms with Gasteiger partial charge in [-0.15, -0.1) is 11.3 Å². The highest BCUT2D eigenvalue weighted by molar-refractivity contribution is 7.10. The normalized spacial score (nSPS) is 22.2. The summed E-state index contributed by atoms with van der Waals surface area (Å²) in [6.07, 6.45) is -5.06. The SMILES string of the molecule is C[C@H](O)[C@H](O)[C@@H](O)[C@@H](O)CNCC(=O)NCCOC[C@@]12C[C@@H]1N(C(=O)CNC(=O)c1ccc3c(c1)-c1ccccc1C3(F)F)[C@H](C(=O)N[C@H](C)c1cc(C(=N)N)cs1)C2. The Labute approximate surface area is 342 Å². The van der Waals surface area contributed by atoms with Crippen LogP contribution >= 0.6 is 11.3 Å². The summed E-state index contributed by atoms with van der Waals surface area (Å²) in [6.45, 7) is 2.55. The third kappa shape index (κ3) is 9.30. The van der Waals surface area contributed by atoms with Gasteiger partial charge in [-0.2, -0.15) is 8.78 Å². The monoisotopic (exact) mass is 841 g/mol. The second kappa shape index (κ2) is 17.8. The highest BCUT2D eigenvalue weighted by Gasteiger charge is 2.67. The first-order chi connectivity index (χ1) is 27.9. The minimum atomic E-state index is -3.21. The molecule has 59 heavy (non-hydrogen) atoms. The van der Waals surface area contributed by atoms with E-state index in [1.165, 1.54) is 53.5 Å². The summed E-state index contributed by atoms with van der Waals surface area (Å²) in [5, 5.41) is 59.2. The molecule has 318 valence electrons. The molecular formula is C40H49F2N7O9S. The Morgan fingerprint density at radius 1 is 0.966 bits per heavy atom. The maximum absolute atomic E-state index is 15.1. The van der Waals surface area contributed by atoms with Crippen LogP contribution in [0.2, 0.25) is 0 Å². The number of amides is 4. The zero-order valence-electron chi connectivity index (χ0n) is 32.4. The van der Waals surface area contributed by atoms with E-state index < -0.39 is 78.0 Å². The van der Waals surface area contributed by atoms with Crippen LogP contribution in [0.25, 0.3) is 11.1 Å². The van der Waals surface area contributed by atoms with E-state index in [-0.39, 0.29) is 73.4 Å². The number of halogens is 2. The number of thiophene rings is 1. The maximum atomic E-state index is 15.1. The van der Waals surface area contributed by atoms with Gasteiger partial charge in [0.05, 0.1) is 44.6 Å². The predicted octanol–water partition coefficient (Wildman–Crippen LogP) is 0.305. The fraction of sp³-hybridized carbons (Fsp3) is 0.475. The van der Waals surface area contributed by atoms with Crippen molar-refractivity contribution < 1.29 is 53.1 Å². The molecule has 1 saturated carbocycles. The number of piperidine rings is 1. The fourth-order valence-electron chi connectivity index (χ4n) is 7.76. The van der Waals surface area contributed by atoms with Crippen molar-refractivity contribution in [1.29, 1.82) is 5.41 Å². The molecule has 2 heterocycles. The molecule has 1 aliphatic heterocycles. The Hall–Kier alpha value is -4.89. The summed E-state index contributed by atoms with van der Waals surface area (Å²) in [5.74, 6) is -5.33. The first kappa shape index (κ1) is 43.7. The smallest absolute Gasteiger partial charge is 0.299 e. The molecule has 2 aliphatic carbocycles. The lowest BCUT2D eigenvalue weighted by atomic mass is 10.00. The van der Waals surface area contributed by atoms with E-state index in [1.54, 1.807) is 30.5 Å². The van der Waals surface area contributed by atoms with Gasteiger partial charge in [0, 0.05) is 57.1 Å². The number of fused-ring (bicyclic) bond motifs is 4. The van der Waals surface area contributed by atoms with Crippen LogP contribution in [0, 0.1) is 10.8 Å². The van der Waals surface area contributed by atoms with E-state index in [2.05, 4.69) is 21.3 Å². The average Bonchev–Trinajstić information content (AvgIpc) is 3.47. The molecular weight excluding hydrogens is 793 g/mol. The number of nitrogens with two attached hydrogens (primary N) is 1. The van der Waals surface area contributed by atoms with Crippen LogP contribution < -0.4 is 27.0 Å². The lowest BCUT2D eigenvalue weighted by Gasteiger charge is -2.28. The number of ether oxygens (including phenoxy) is 1. The van der Waals surface area contributed by atoms with E-state index in [9.17, 15) is 39.6 Å². The van der Waals surface area contributed by atoms with Crippen molar-refractivity contribution in [1.82, 2.24) is 26.2 Å². The molecule has 16 nitrogen and oxygen atoms in total. The number of rotatable bonds is 19. The molecule has 3 aromatic rings. The Bertz CT molecular complexity index is 2090. The summed E-state index contributed by atoms with van der Waals surface area (Å²) in [5.41, 5.74) is 5.87. The Morgan fingerprint density at radius 3 is 2.41 bits per heavy atom. The van der Waals surface area contributed by atoms with Gasteiger partial charge in [0.1, 0.15) is 24.1 Å². The van der Waals surface area contributed by atoms with Crippen LogP contribution in [0.1, 0.15) is 64.7 Å². The average molecular weight is 842 g/mol. The quantitative estimate of drug-likeness (QED) is 0.0446. The number of aliphatic hydroxyl groups is 4. The summed E-state index contributed by atoms with van der Waals surface area (Å²) >= 11 is 1.33. The van der Waals surface area contributed by atoms with Gasteiger partial charge in [-0.3, -0.25) is 24.6 Å². The summed E-state index contributed by atoms with van der Waals surface area (Å²) in [4.78, 5) is 55.5. The van der Waals surface area contributed by atoms with Crippen LogP contribution in [0.4, 0.5) is 8.78 Å². The molecule has 19 heteroatoms. The molecule has 0 radical (unpaired) electrons. The van der Waals surface area contributed by atoms with Crippen LogP contribution in [-0.4, -0.2) is 131 Å². The van der Waals surface area contributed by atoms with E-state index in [0.717, 1.165) is 4.88 Å². The number of alkyl halides is 2. The highest BCUT2D eigenvalue weighted by atomic mass is 32.1. The number of carbonyl (C=O) groups excluding carboxylic acids is 4. The van der Waals surface area contributed by atoms with E-state index in [4.69, 9.17) is 15.9 Å². The van der Waals surface area contributed by atoms with Gasteiger partial charge in [-0.25, -0.2) is 0 Å². The lowest BCUT2D eigenvalue weighted by Crippen LogP contribution is -2.51. The molecule has 6 rings (SSSR count). The number of hydrogen-bond donors (Lipinski definition) is 10. The zero-order valence-corrected chi connectivity index (χ0v) is 33.2. The van der Waals surface area contributed by atoms with Crippen LogP contribution in [0.3, 0.4) is 0 Å². The Kier molecular flexibility index (Phi) is 13.2. The molecule has 0 spiro atoms. The van der Waals surface area contributed by atoms with Gasteiger partial charge in [-0.1, -0.05) is 30.3 Å². The van der Waals surface area contributed by atoms with E-state index in [1.807, 2.05) is 0 Å². The molecule has 2 aromatic carbocycles. The van der Waals surface area contributed by atoms with Gasteiger partial charge in [0.2, 0.25) is 17.7 Å². The van der Waals surface area contributed by atoms with Crippen molar-refractivity contribution in [3.8, 4) is 11.1 Å². The van der Waals surface area contributed by atoms with Crippen molar-refractivity contribution in [2.24, 2.45) is 11.1 Å². The Balaban J connectivity index is 1.05. The minimum Gasteiger partial charge on any atom is -0.391 e. The number of likely N-dealkylation sites (tertiary alicyclic amines) is 1. The zero-order chi connectivity index (χ0) is 42.8. The fourth-order valence-corrected chi connectivity index (χ4v) is 8.67. The van der Waals surface area contributed by atoms with Crippen LogP contribution in [0.5, 0.6) is 0 Å². The van der Waals surface area contributed by atoms with Gasteiger partial charge in [-0.05, 0) is 56.0 Å². The molecule has 1 aromatic heterocycles. The standard InChI is InChI=1S/C40H49F2N7O9S/c1-20(30-12-23(18-59-30)36(43)44)48-38(57)28-13-39(19-58-10-9-46-32(52)16-45-15-29(51)35(55)34(54)21(2)50)14-31(39)49(28)33(53)17-47-37(56)22-7-8-27-25(11-22)24-5-3-4-6-26(24)40(27,41)42/h3-8,11-12,18,20-21,28-29,31,34-35,45,50-51,54-55H,9-10,13-17,19H2,1-2H3,(H3,43,44)(H,46,52)(H,47,56)(H,48,57)/t20-,21+,28+,29+,31+,34+,35+,39-/m1/s1. The number of benzene rings is 2. The number of nitrogen functional groups attached to an aromatic ring is 1. The van der Waals surface area contributed by atoms with E-state index >= 15 is 8.78 Å². The number of nitrogens with one attached hydrogen (secondary N) is 5. The minimum absolute atomic E-state index is 0.0930. The summed E-state index contributed by atoms with van der Waals surface area (Å²) in [7, 11) is 0. The molecule has 8 atom stereocenters. The van der Waals surface area contributed by atoms with Crippen LogP contribution in [-0.2, 0) is 25.0 Å². The van der Waals surface area contributed by atoms with Crippen LogP contribution in [0.15, 0.2) is 53.9 Å². The number of amidine groups is 1. The summed E-state index contributed by atoms with van der Waals surface area (Å²) in [6, 6.07) is 9.94. The topological polar surface area (TPSA) is 260 Å². The number of carbonyl (C=O) groups is 4. The first-order valence-electron chi connectivity index (χ1n) is 19.2. The van der Waals surface area contributed by atoms with Crippen molar-refractivity contribution in [2.75, 3.05) is 39.4 Å². The van der Waals surface area contributed by atoms with Crippen molar-refractivity contribution in [3.63, 3.8) is 0 Å². The molecule has 1 saturated heterocycles.